The van der Waals surface area contributed by atoms with Crippen molar-refractivity contribution in [2.75, 3.05) is 13.6 Å². The number of carbonyl (C=O) groups is 1. The van der Waals surface area contributed by atoms with Gasteiger partial charge in [0.1, 0.15) is 0 Å². The van der Waals surface area contributed by atoms with Crippen LogP contribution in [0.5, 0.6) is 0 Å². The first-order valence-electron chi connectivity index (χ1n) is 5.91. The average Bonchev–Trinajstić information content (AvgIpc) is 2.27. The Morgan fingerprint density at radius 2 is 2.00 bits per heavy atom. The lowest BCUT2D eigenvalue weighted by Gasteiger charge is -2.27. The van der Waals surface area contributed by atoms with Crippen LogP contribution in [0.25, 0.3) is 0 Å². The quantitative estimate of drug-likeness (QED) is 0.749. The molecule has 1 rings (SSSR count). The molecule has 0 amide bonds. The number of carbonyl (C=O) groups excluding carboxylic acids is 1. The summed E-state index contributed by atoms with van der Waals surface area (Å²) in [7, 11) is 1.98. The Morgan fingerprint density at radius 3 is 2.53 bits per heavy atom. The van der Waals surface area contributed by atoms with Gasteiger partial charge in [-0.2, -0.15) is 0 Å². The van der Waals surface area contributed by atoms with E-state index in [2.05, 4.69) is 25.7 Å². The molecule has 0 saturated heterocycles. The van der Waals surface area contributed by atoms with Gasteiger partial charge in [0.05, 0.1) is 6.54 Å². The van der Waals surface area contributed by atoms with Gasteiger partial charge in [0.2, 0.25) is 0 Å². The van der Waals surface area contributed by atoms with Crippen molar-refractivity contribution in [2.45, 2.75) is 26.8 Å². The number of benzene rings is 1. The lowest BCUT2D eigenvalue weighted by Crippen LogP contribution is -2.37. The second-order valence-electron chi connectivity index (χ2n) is 4.83. The zero-order valence-electron chi connectivity index (χ0n) is 10.9. The van der Waals surface area contributed by atoms with E-state index in [1.165, 1.54) is 0 Å². The molecule has 0 aromatic heterocycles. The molecule has 0 spiro atoms. The topological polar surface area (TPSA) is 20.3 Å². The van der Waals surface area contributed by atoms with Crippen molar-refractivity contribution in [3.63, 3.8) is 0 Å². The summed E-state index contributed by atoms with van der Waals surface area (Å²) in [5.74, 6) is 0.648. The first-order chi connectivity index (χ1) is 7.91. The molecule has 3 heteroatoms. The first kappa shape index (κ1) is 14.2. The minimum Gasteiger partial charge on any atom is -0.296 e. The van der Waals surface area contributed by atoms with Gasteiger partial charge in [-0.15, -0.1) is 0 Å². The molecule has 0 N–H and O–H groups in total. The SMILES string of the molecule is CC(C)C(C)N(C)CC(=O)c1cccc(Cl)c1. The van der Waals surface area contributed by atoms with Gasteiger partial charge in [-0.05, 0) is 32.0 Å². The van der Waals surface area contributed by atoms with E-state index in [0.29, 0.717) is 29.1 Å². The largest absolute Gasteiger partial charge is 0.296 e. The molecule has 1 unspecified atom stereocenters. The summed E-state index contributed by atoms with van der Waals surface area (Å²) in [4.78, 5) is 14.1. The third-order valence-corrected chi connectivity index (χ3v) is 3.43. The highest BCUT2D eigenvalue weighted by atomic mass is 35.5. The van der Waals surface area contributed by atoms with Crippen LogP contribution in [0.2, 0.25) is 5.02 Å². The molecular weight excluding hydrogens is 234 g/mol. The molecule has 0 heterocycles. The Labute approximate surface area is 109 Å². The molecule has 17 heavy (non-hydrogen) atoms. The maximum absolute atomic E-state index is 12.0. The molecule has 1 atom stereocenters. The third-order valence-electron chi connectivity index (χ3n) is 3.20. The van der Waals surface area contributed by atoms with Gasteiger partial charge >= 0.3 is 0 Å². The highest BCUT2D eigenvalue weighted by Crippen LogP contribution is 2.13. The molecule has 0 fully saturated rings. The highest BCUT2D eigenvalue weighted by molar-refractivity contribution is 6.31. The number of rotatable bonds is 5. The number of halogens is 1. The molecule has 0 aliphatic heterocycles. The van der Waals surface area contributed by atoms with Crippen LogP contribution in [0.15, 0.2) is 24.3 Å². The summed E-state index contributed by atoms with van der Waals surface area (Å²) in [5, 5.41) is 0.607. The van der Waals surface area contributed by atoms with Gasteiger partial charge in [0.25, 0.3) is 0 Å². The number of hydrogen-bond acceptors (Lipinski definition) is 2. The van der Waals surface area contributed by atoms with Crippen LogP contribution < -0.4 is 0 Å². The maximum atomic E-state index is 12.0. The van der Waals surface area contributed by atoms with Crippen molar-refractivity contribution in [1.29, 1.82) is 0 Å². The summed E-state index contributed by atoms with van der Waals surface area (Å²) >= 11 is 5.87. The van der Waals surface area contributed by atoms with E-state index in [9.17, 15) is 4.79 Å². The molecular formula is C14H20ClNO. The molecule has 2 nitrogen and oxygen atoms in total. The van der Waals surface area contributed by atoms with Gasteiger partial charge in [-0.25, -0.2) is 0 Å². The third kappa shape index (κ3) is 4.14. The van der Waals surface area contributed by atoms with E-state index < -0.39 is 0 Å². The van der Waals surface area contributed by atoms with Crippen LogP contribution in [0.4, 0.5) is 0 Å². The predicted molar refractivity (Wildman–Crippen MR) is 72.7 cm³/mol. The van der Waals surface area contributed by atoms with Crippen molar-refractivity contribution in [1.82, 2.24) is 4.90 Å². The fourth-order valence-electron chi connectivity index (χ4n) is 1.63. The van der Waals surface area contributed by atoms with Gasteiger partial charge in [0.15, 0.2) is 5.78 Å². The molecule has 0 bridgehead atoms. The second kappa shape index (κ2) is 6.18. The lowest BCUT2D eigenvalue weighted by molar-refractivity contribution is 0.0907. The Hall–Kier alpha value is -0.860. The van der Waals surface area contributed by atoms with Crippen LogP contribution in [-0.4, -0.2) is 30.3 Å². The zero-order valence-corrected chi connectivity index (χ0v) is 11.7. The molecule has 1 aromatic rings. The summed E-state index contributed by atoms with van der Waals surface area (Å²) in [6, 6.07) is 7.50. The minimum absolute atomic E-state index is 0.113. The van der Waals surface area contributed by atoms with E-state index in [1.54, 1.807) is 18.2 Å². The molecule has 1 aromatic carbocycles. The smallest absolute Gasteiger partial charge is 0.176 e. The van der Waals surface area contributed by atoms with Gasteiger partial charge in [-0.3, -0.25) is 9.69 Å². The second-order valence-corrected chi connectivity index (χ2v) is 5.27. The van der Waals surface area contributed by atoms with Crippen molar-refractivity contribution < 1.29 is 4.79 Å². The van der Waals surface area contributed by atoms with Gasteiger partial charge in [-0.1, -0.05) is 37.6 Å². The molecule has 0 saturated carbocycles. The number of Topliss-reactive ketones (excluding diaryl/α,β-unsaturated/α-hetero) is 1. The highest BCUT2D eigenvalue weighted by Gasteiger charge is 2.16. The van der Waals surface area contributed by atoms with E-state index in [1.807, 2.05) is 13.1 Å². The van der Waals surface area contributed by atoms with Crippen LogP contribution in [-0.2, 0) is 0 Å². The standard InChI is InChI=1S/C14H20ClNO/c1-10(2)11(3)16(4)9-14(17)12-6-5-7-13(15)8-12/h5-8,10-11H,9H2,1-4H3. The maximum Gasteiger partial charge on any atom is 0.176 e. The van der Waals surface area contributed by atoms with Gasteiger partial charge in [0, 0.05) is 16.6 Å². The van der Waals surface area contributed by atoms with Crippen molar-refractivity contribution in [3.8, 4) is 0 Å². The van der Waals surface area contributed by atoms with Crippen molar-refractivity contribution in [3.05, 3.63) is 34.9 Å². The summed E-state index contributed by atoms with van der Waals surface area (Å²) in [5.41, 5.74) is 0.681. The van der Waals surface area contributed by atoms with Gasteiger partial charge < -0.3 is 0 Å². The molecule has 0 radical (unpaired) electrons. The number of hydrogen-bond donors (Lipinski definition) is 0. The fourth-order valence-corrected chi connectivity index (χ4v) is 1.82. The average molecular weight is 254 g/mol. The molecule has 94 valence electrons. The first-order valence-corrected chi connectivity index (χ1v) is 6.28. The number of likely N-dealkylation sites (N-methyl/N-ethyl adjacent to an activating group) is 1. The predicted octanol–water partition coefficient (Wildman–Crippen LogP) is 3.50. The zero-order chi connectivity index (χ0) is 13.0. The van der Waals surface area contributed by atoms with Crippen LogP contribution >= 0.6 is 11.6 Å². The van der Waals surface area contributed by atoms with Crippen LogP contribution in [0.3, 0.4) is 0 Å². The van der Waals surface area contributed by atoms with Crippen molar-refractivity contribution >= 4 is 17.4 Å². The summed E-state index contributed by atoms with van der Waals surface area (Å²) in [6.07, 6.45) is 0. The Bertz CT molecular complexity index is 390. The normalized spacial score (nSPS) is 13.1. The minimum atomic E-state index is 0.113. The Kier molecular flexibility index (Phi) is 5.16. The van der Waals surface area contributed by atoms with E-state index >= 15 is 0 Å². The van der Waals surface area contributed by atoms with E-state index in [0.717, 1.165) is 0 Å². The molecule has 0 aliphatic rings. The lowest BCUT2D eigenvalue weighted by atomic mass is 10.0. The van der Waals surface area contributed by atoms with Crippen LogP contribution in [0, 0.1) is 5.92 Å². The van der Waals surface area contributed by atoms with E-state index in [4.69, 9.17) is 11.6 Å². The van der Waals surface area contributed by atoms with Crippen LogP contribution in [0.1, 0.15) is 31.1 Å². The summed E-state index contributed by atoms with van der Waals surface area (Å²) < 4.78 is 0. The Morgan fingerprint density at radius 1 is 1.35 bits per heavy atom. The fraction of sp³-hybridized carbons (Fsp3) is 0.500. The summed E-state index contributed by atoms with van der Waals surface area (Å²) in [6.45, 7) is 6.88. The molecule has 0 aliphatic carbocycles. The monoisotopic (exact) mass is 253 g/mol. The number of nitrogens with zero attached hydrogens (tertiary/aromatic N) is 1. The van der Waals surface area contributed by atoms with E-state index in [-0.39, 0.29) is 5.78 Å². The number of ketones is 1. The van der Waals surface area contributed by atoms with Crippen molar-refractivity contribution in [2.24, 2.45) is 5.92 Å². The Balaban J connectivity index is 2.67.